The van der Waals surface area contributed by atoms with Crippen molar-refractivity contribution < 1.29 is 28.3 Å². The average Bonchev–Trinajstić information content (AvgIpc) is 3.37. The second-order valence-corrected chi connectivity index (χ2v) is 7.62. The number of esters is 1. The van der Waals surface area contributed by atoms with Gasteiger partial charge in [-0.2, -0.15) is 4.68 Å². The van der Waals surface area contributed by atoms with E-state index in [1.54, 1.807) is 31.2 Å². The molecule has 1 aliphatic heterocycles. The third-order valence-electron chi connectivity index (χ3n) is 5.27. The molecule has 3 aromatic rings. The zero-order valence-electron chi connectivity index (χ0n) is 18.6. The number of hydrogen-bond acceptors (Lipinski definition) is 8. The first-order valence-electron chi connectivity index (χ1n) is 11.0. The van der Waals surface area contributed by atoms with E-state index in [-0.39, 0.29) is 47.8 Å². The van der Waals surface area contributed by atoms with Gasteiger partial charge in [-0.25, -0.2) is 9.59 Å². The van der Waals surface area contributed by atoms with Crippen molar-refractivity contribution in [3.05, 3.63) is 47.7 Å². The first-order chi connectivity index (χ1) is 16.0. The van der Waals surface area contributed by atoms with Crippen LogP contribution in [0.5, 0.6) is 0 Å². The second kappa shape index (κ2) is 9.86. The highest BCUT2D eigenvalue weighted by atomic mass is 16.6. The molecular formula is C23H26N4O6. The smallest absolute Gasteiger partial charge is 0.435 e. The van der Waals surface area contributed by atoms with Crippen LogP contribution >= 0.6 is 0 Å². The molecule has 1 amide bonds. The number of furan rings is 1. The summed E-state index contributed by atoms with van der Waals surface area (Å²) < 4.78 is 17.1. The molecule has 0 saturated carbocycles. The van der Waals surface area contributed by atoms with Gasteiger partial charge in [0.05, 0.1) is 13.2 Å². The summed E-state index contributed by atoms with van der Waals surface area (Å²) in [5.41, 5.74) is 0.819. The SMILES string of the molecule is CCCOC(=O)c1cc2c(o1)c(N(CC1CCN1)C(=O)c1ccccc1)nn2C(=O)OCC. The summed E-state index contributed by atoms with van der Waals surface area (Å²) in [4.78, 5) is 39.9. The van der Waals surface area contributed by atoms with Crippen molar-refractivity contribution in [2.24, 2.45) is 0 Å². The molecule has 4 rings (SSSR count). The molecule has 0 radical (unpaired) electrons. The Kier molecular flexibility index (Phi) is 6.74. The zero-order chi connectivity index (χ0) is 23.4. The molecule has 1 fully saturated rings. The van der Waals surface area contributed by atoms with Gasteiger partial charge in [0.1, 0.15) is 5.52 Å². The minimum absolute atomic E-state index is 0.0735. The van der Waals surface area contributed by atoms with E-state index in [9.17, 15) is 14.4 Å². The predicted molar refractivity (Wildman–Crippen MR) is 120 cm³/mol. The van der Waals surface area contributed by atoms with Gasteiger partial charge in [0.25, 0.3) is 5.91 Å². The van der Waals surface area contributed by atoms with Crippen LogP contribution in [0.4, 0.5) is 10.6 Å². The number of aromatic nitrogens is 2. The molecule has 10 nitrogen and oxygen atoms in total. The Morgan fingerprint density at radius 3 is 2.61 bits per heavy atom. The van der Waals surface area contributed by atoms with Crippen LogP contribution in [0.1, 0.15) is 47.6 Å². The average molecular weight is 454 g/mol. The Hall–Kier alpha value is -3.66. The largest absolute Gasteiger partial charge is 0.460 e. The fourth-order valence-corrected chi connectivity index (χ4v) is 3.49. The van der Waals surface area contributed by atoms with Crippen LogP contribution in [0.2, 0.25) is 0 Å². The number of anilines is 1. The van der Waals surface area contributed by atoms with E-state index >= 15 is 0 Å². The second-order valence-electron chi connectivity index (χ2n) is 7.62. The van der Waals surface area contributed by atoms with Crippen molar-refractivity contribution >= 4 is 34.9 Å². The third-order valence-corrected chi connectivity index (χ3v) is 5.27. The topological polar surface area (TPSA) is 116 Å². The molecule has 10 heteroatoms. The van der Waals surface area contributed by atoms with Gasteiger partial charge >= 0.3 is 12.1 Å². The monoisotopic (exact) mass is 454 g/mol. The minimum Gasteiger partial charge on any atom is -0.460 e. The number of fused-ring (bicyclic) bond motifs is 1. The Balaban J connectivity index is 1.80. The summed E-state index contributed by atoms with van der Waals surface area (Å²) in [5.74, 6) is -0.901. The van der Waals surface area contributed by atoms with Crippen LogP contribution in [0, 0.1) is 0 Å². The molecule has 174 valence electrons. The summed E-state index contributed by atoms with van der Waals surface area (Å²) in [6, 6.07) is 10.2. The van der Waals surface area contributed by atoms with Gasteiger partial charge < -0.3 is 19.2 Å². The van der Waals surface area contributed by atoms with Crippen LogP contribution in [0.15, 0.2) is 40.8 Å². The molecule has 0 aliphatic carbocycles. The highest BCUT2D eigenvalue weighted by molar-refractivity contribution is 6.10. The van der Waals surface area contributed by atoms with Crippen molar-refractivity contribution in [2.75, 3.05) is 31.2 Å². The van der Waals surface area contributed by atoms with Crippen molar-refractivity contribution in [3.8, 4) is 0 Å². The Bertz CT molecular complexity index is 1150. The summed E-state index contributed by atoms with van der Waals surface area (Å²) in [6.07, 6.45) is 0.811. The van der Waals surface area contributed by atoms with Crippen molar-refractivity contribution in [3.63, 3.8) is 0 Å². The maximum atomic E-state index is 13.5. The normalized spacial score (nSPS) is 15.2. The fraction of sp³-hybridized carbons (Fsp3) is 0.391. The number of nitrogens with one attached hydrogen (secondary N) is 1. The molecule has 0 bridgehead atoms. The van der Waals surface area contributed by atoms with E-state index in [2.05, 4.69) is 10.4 Å². The van der Waals surface area contributed by atoms with E-state index in [0.717, 1.165) is 17.6 Å². The van der Waals surface area contributed by atoms with E-state index < -0.39 is 12.1 Å². The van der Waals surface area contributed by atoms with Gasteiger partial charge in [-0.05, 0) is 38.4 Å². The van der Waals surface area contributed by atoms with Crippen LogP contribution in [-0.2, 0) is 9.47 Å². The third kappa shape index (κ3) is 4.61. The number of amides is 1. The van der Waals surface area contributed by atoms with Gasteiger partial charge in [0.2, 0.25) is 11.6 Å². The molecule has 3 heterocycles. The van der Waals surface area contributed by atoms with Gasteiger partial charge in [-0.3, -0.25) is 9.69 Å². The van der Waals surface area contributed by atoms with E-state index in [1.165, 1.54) is 11.0 Å². The number of hydrogen-bond donors (Lipinski definition) is 1. The van der Waals surface area contributed by atoms with Gasteiger partial charge in [-0.15, -0.1) is 5.10 Å². The molecule has 1 unspecified atom stereocenters. The number of nitrogens with zero attached hydrogens (tertiary/aromatic N) is 3. The molecule has 33 heavy (non-hydrogen) atoms. The highest BCUT2D eigenvalue weighted by Gasteiger charge is 2.32. The first-order valence-corrected chi connectivity index (χ1v) is 11.0. The predicted octanol–water partition coefficient (Wildman–Crippen LogP) is 3.21. The lowest BCUT2D eigenvalue weighted by Gasteiger charge is -2.32. The van der Waals surface area contributed by atoms with E-state index in [1.807, 2.05) is 13.0 Å². The van der Waals surface area contributed by atoms with Gasteiger partial charge in [-0.1, -0.05) is 25.1 Å². The number of benzene rings is 1. The minimum atomic E-state index is -0.739. The molecule has 1 aromatic carbocycles. The van der Waals surface area contributed by atoms with Gasteiger partial charge in [0, 0.05) is 24.2 Å². The highest BCUT2D eigenvalue weighted by Crippen LogP contribution is 2.31. The Morgan fingerprint density at radius 2 is 1.97 bits per heavy atom. The molecule has 1 saturated heterocycles. The number of rotatable bonds is 8. The fourth-order valence-electron chi connectivity index (χ4n) is 3.49. The van der Waals surface area contributed by atoms with E-state index in [4.69, 9.17) is 13.9 Å². The summed E-state index contributed by atoms with van der Waals surface area (Å²) in [5, 5.41) is 7.63. The first kappa shape index (κ1) is 22.5. The van der Waals surface area contributed by atoms with Crippen molar-refractivity contribution in [1.29, 1.82) is 0 Å². The summed E-state index contributed by atoms with van der Waals surface area (Å²) in [7, 11) is 0. The van der Waals surface area contributed by atoms with Crippen molar-refractivity contribution in [1.82, 2.24) is 15.1 Å². The number of ether oxygens (including phenoxy) is 2. The maximum Gasteiger partial charge on any atom is 0.435 e. The molecule has 2 aromatic heterocycles. The molecule has 0 spiro atoms. The molecule has 1 N–H and O–H groups in total. The molecule has 1 atom stereocenters. The Morgan fingerprint density at radius 1 is 1.21 bits per heavy atom. The quantitative estimate of drug-likeness (QED) is 0.516. The lowest BCUT2D eigenvalue weighted by Crippen LogP contribution is -2.52. The van der Waals surface area contributed by atoms with E-state index in [0.29, 0.717) is 18.5 Å². The standard InChI is InChI=1S/C23H26N4O6/c1-3-12-32-22(29)18-13-17-19(33-18)20(25-27(17)23(30)31-4-2)26(14-16-10-11-24-16)21(28)15-8-6-5-7-9-15/h5-9,13,16,24H,3-4,10-12,14H2,1-2H3. The number of carbonyl (C=O) groups is 3. The molecule has 1 aliphatic rings. The van der Waals surface area contributed by atoms with Crippen LogP contribution in [0.25, 0.3) is 11.1 Å². The Labute approximate surface area is 190 Å². The zero-order valence-corrected chi connectivity index (χ0v) is 18.6. The lowest BCUT2D eigenvalue weighted by atomic mass is 10.1. The van der Waals surface area contributed by atoms with Crippen LogP contribution in [-0.4, -0.2) is 60.1 Å². The molecular weight excluding hydrogens is 428 g/mol. The maximum absolute atomic E-state index is 13.5. The lowest BCUT2D eigenvalue weighted by molar-refractivity contribution is 0.0471. The van der Waals surface area contributed by atoms with Crippen LogP contribution < -0.4 is 10.2 Å². The summed E-state index contributed by atoms with van der Waals surface area (Å²) in [6.45, 7) is 5.11. The number of carbonyl (C=O) groups excluding carboxylic acids is 3. The van der Waals surface area contributed by atoms with Crippen LogP contribution in [0.3, 0.4) is 0 Å². The van der Waals surface area contributed by atoms with Crippen molar-refractivity contribution in [2.45, 2.75) is 32.7 Å². The van der Waals surface area contributed by atoms with Gasteiger partial charge in [0.15, 0.2) is 5.58 Å². The summed E-state index contributed by atoms with van der Waals surface area (Å²) >= 11 is 0.